The van der Waals surface area contributed by atoms with Crippen molar-refractivity contribution in [1.29, 1.82) is 0 Å². The van der Waals surface area contributed by atoms with Gasteiger partial charge in [0.15, 0.2) is 0 Å². The molecule has 1 rings (SSSR count). The molecule has 1 heterocycles. The number of halogens is 5. The van der Waals surface area contributed by atoms with Crippen molar-refractivity contribution >= 4 is 23.2 Å². The van der Waals surface area contributed by atoms with Gasteiger partial charge in [-0.15, -0.1) is 13.2 Å². The van der Waals surface area contributed by atoms with Gasteiger partial charge in [0.05, 0.1) is 5.02 Å². The average molecular weight is 248 g/mol. The minimum Gasteiger partial charge on any atom is -0.390 e. The van der Waals surface area contributed by atoms with E-state index in [1.165, 1.54) is 0 Å². The number of hydrogen-bond acceptors (Lipinski definition) is 2. The van der Waals surface area contributed by atoms with Gasteiger partial charge in [-0.1, -0.05) is 23.2 Å². The second kappa shape index (κ2) is 3.70. The summed E-state index contributed by atoms with van der Waals surface area (Å²) in [6.07, 6.45) is -4.89. The molecule has 0 radical (unpaired) electrons. The fraction of sp³-hybridized carbons (Fsp3) is 0.167. The van der Waals surface area contributed by atoms with Crippen LogP contribution < -0.4 is 10.3 Å². The van der Waals surface area contributed by atoms with Crippen LogP contribution >= 0.6 is 23.2 Å². The van der Waals surface area contributed by atoms with Gasteiger partial charge >= 0.3 is 6.36 Å². The van der Waals surface area contributed by atoms with E-state index in [-0.39, 0.29) is 10.0 Å². The van der Waals surface area contributed by atoms with Crippen molar-refractivity contribution in [3.05, 3.63) is 26.5 Å². The lowest BCUT2D eigenvalue weighted by atomic mass is 10.5. The van der Waals surface area contributed by atoms with Crippen molar-refractivity contribution in [3.63, 3.8) is 0 Å². The van der Waals surface area contributed by atoms with Crippen molar-refractivity contribution < 1.29 is 17.9 Å². The Balaban J connectivity index is 3.08. The molecule has 0 fully saturated rings. The van der Waals surface area contributed by atoms with Crippen molar-refractivity contribution in [3.8, 4) is 5.88 Å². The van der Waals surface area contributed by atoms with E-state index in [0.717, 1.165) is 6.07 Å². The van der Waals surface area contributed by atoms with Crippen molar-refractivity contribution in [2.24, 2.45) is 0 Å². The van der Waals surface area contributed by atoms with E-state index in [2.05, 4.69) is 4.74 Å². The molecule has 0 amide bonds. The van der Waals surface area contributed by atoms with Gasteiger partial charge in [0.1, 0.15) is 5.02 Å². The van der Waals surface area contributed by atoms with E-state index in [9.17, 15) is 18.0 Å². The van der Waals surface area contributed by atoms with E-state index in [1.807, 2.05) is 0 Å². The highest BCUT2D eigenvalue weighted by Crippen LogP contribution is 2.25. The molecule has 0 bridgehead atoms. The van der Waals surface area contributed by atoms with E-state index >= 15 is 0 Å². The molecule has 1 aromatic rings. The number of H-pyrrole nitrogens is 1. The highest BCUT2D eigenvalue weighted by Gasteiger charge is 2.31. The zero-order valence-electron chi connectivity index (χ0n) is 6.28. The highest BCUT2D eigenvalue weighted by molar-refractivity contribution is 6.41. The summed E-state index contributed by atoms with van der Waals surface area (Å²) in [7, 11) is 0. The summed E-state index contributed by atoms with van der Waals surface area (Å²) in [6.45, 7) is 0. The van der Waals surface area contributed by atoms with E-state index in [4.69, 9.17) is 23.2 Å². The maximum absolute atomic E-state index is 11.7. The molecule has 0 atom stereocenters. The molecule has 0 aliphatic heterocycles. The molecule has 0 aromatic carbocycles. The molecule has 0 saturated carbocycles. The number of aromatic amines is 1. The molecular weight excluding hydrogens is 246 g/mol. The monoisotopic (exact) mass is 247 g/mol. The summed E-state index contributed by atoms with van der Waals surface area (Å²) in [6, 6.07) is 0.763. The summed E-state index contributed by atoms with van der Waals surface area (Å²) in [5, 5.41) is -0.698. The fourth-order valence-electron chi connectivity index (χ4n) is 0.669. The zero-order valence-corrected chi connectivity index (χ0v) is 7.80. The van der Waals surface area contributed by atoms with Crippen LogP contribution in [0.25, 0.3) is 0 Å². The number of alkyl halides is 3. The van der Waals surface area contributed by atoms with Crippen LogP contribution in [0.4, 0.5) is 13.2 Å². The maximum Gasteiger partial charge on any atom is 0.574 e. The molecule has 0 unspecified atom stereocenters. The van der Waals surface area contributed by atoms with Crippen LogP contribution in [-0.2, 0) is 0 Å². The summed E-state index contributed by atoms with van der Waals surface area (Å²) in [5.41, 5.74) is -0.946. The van der Waals surface area contributed by atoms with Crippen molar-refractivity contribution in [2.75, 3.05) is 0 Å². The van der Waals surface area contributed by atoms with Gasteiger partial charge in [0, 0.05) is 6.07 Å². The minimum absolute atomic E-state index is 0.310. The largest absolute Gasteiger partial charge is 0.574 e. The molecule has 8 heteroatoms. The quantitative estimate of drug-likeness (QED) is 0.829. The summed E-state index contributed by atoms with van der Waals surface area (Å²) < 4.78 is 38.5. The molecule has 0 aliphatic rings. The van der Waals surface area contributed by atoms with Gasteiger partial charge in [-0.3, -0.25) is 9.78 Å². The normalized spacial score (nSPS) is 11.5. The second-order valence-corrected chi connectivity index (χ2v) is 2.96. The van der Waals surface area contributed by atoms with Crippen LogP contribution in [-0.4, -0.2) is 11.3 Å². The number of hydrogen-bond donors (Lipinski definition) is 1. The van der Waals surface area contributed by atoms with E-state index in [1.54, 1.807) is 4.98 Å². The molecule has 0 aliphatic carbocycles. The van der Waals surface area contributed by atoms with Crippen molar-refractivity contribution in [1.82, 2.24) is 4.98 Å². The third-order valence-corrected chi connectivity index (χ3v) is 1.90. The summed E-state index contributed by atoms with van der Waals surface area (Å²) in [5.74, 6) is -0.808. The summed E-state index contributed by atoms with van der Waals surface area (Å²) in [4.78, 5) is 12.6. The molecule has 3 nitrogen and oxygen atoms in total. The smallest absolute Gasteiger partial charge is 0.390 e. The molecular formula is C6H2Cl2F3NO2. The number of aromatic nitrogens is 1. The molecule has 1 N–H and O–H groups in total. The molecule has 78 valence electrons. The molecule has 0 saturated heterocycles. The van der Waals surface area contributed by atoms with Gasteiger partial charge in [-0.25, -0.2) is 0 Å². The first kappa shape index (κ1) is 11.2. The molecule has 14 heavy (non-hydrogen) atoms. The Morgan fingerprint density at radius 1 is 1.36 bits per heavy atom. The number of pyridine rings is 1. The Bertz CT molecular complexity index is 401. The predicted molar refractivity (Wildman–Crippen MR) is 43.8 cm³/mol. The van der Waals surface area contributed by atoms with Crippen LogP contribution in [0.1, 0.15) is 0 Å². The van der Waals surface area contributed by atoms with E-state index in [0.29, 0.717) is 0 Å². The van der Waals surface area contributed by atoms with Crippen LogP contribution in [0.5, 0.6) is 5.88 Å². The second-order valence-electron chi connectivity index (χ2n) is 2.17. The highest BCUT2D eigenvalue weighted by atomic mass is 35.5. The maximum atomic E-state index is 11.7. The Kier molecular flexibility index (Phi) is 2.96. The lowest BCUT2D eigenvalue weighted by Gasteiger charge is -2.08. The summed E-state index contributed by atoms with van der Waals surface area (Å²) >= 11 is 10.7. The first-order valence-electron chi connectivity index (χ1n) is 3.13. The number of rotatable bonds is 1. The first-order chi connectivity index (χ1) is 6.29. The molecule has 0 spiro atoms. The Labute approximate surface area is 85.4 Å². The standard InChI is InChI=1S/C6H2Cl2F3NO2/c7-2-1-3(14-6(9,10)11)12-5(13)4(2)8/h1H,(H,12,13). The van der Waals surface area contributed by atoms with Crippen LogP contribution in [0.2, 0.25) is 10.0 Å². The molecule has 1 aromatic heterocycles. The topological polar surface area (TPSA) is 42.1 Å². The van der Waals surface area contributed by atoms with Crippen molar-refractivity contribution in [2.45, 2.75) is 6.36 Å². The van der Waals surface area contributed by atoms with Gasteiger partial charge in [0.2, 0.25) is 5.88 Å². The van der Waals surface area contributed by atoms with E-state index < -0.39 is 17.8 Å². The Hall–Kier alpha value is -0.880. The predicted octanol–water partition coefficient (Wildman–Crippen LogP) is 2.58. The zero-order chi connectivity index (χ0) is 10.9. The fourth-order valence-corrected chi connectivity index (χ4v) is 0.956. The van der Waals surface area contributed by atoms with Crippen LogP contribution in [0, 0.1) is 0 Å². The first-order valence-corrected chi connectivity index (χ1v) is 3.89. The minimum atomic E-state index is -4.89. The number of nitrogens with one attached hydrogen (secondary N) is 1. The lowest BCUT2D eigenvalue weighted by Crippen LogP contribution is -2.20. The van der Waals surface area contributed by atoms with Gasteiger partial charge in [-0.2, -0.15) is 0 Å². The van der Waals surface area contributed by atoms with Crippen LogP contribution in [0.3, 0.4) is 0 Å². The Morgan fingerprint density at radius 3 is 2.36 bits per heavy atom. The Morgan fingerprint density at radius 2 is 1.93 bits per heavy atom. The van der Waals surface area contributed by atoms with Crippen LogP contribution in [0.15, 0.2) is 10.9 Å². The SMILES string of the molecule is O=c1[nH]c(OC(F)(F)F)cc(Cl)c1Cl. The number of ether oxygens (including phenoxy) is 1. The lowest BCUT2D eigenvalue weighted by molar-refractivity contribution is -0.276. The third-order valence-electron chi connectivity index (χ3n) is 1.13. The van der Waals surface area contributed by atoms with Gasteiger partial charge in [-0.05, 0) is 0 Å². The third kappa shape index (κ3) is 2.81. The van der Waals surface area contributed by atoms with Gasteiger partial charge < -0.3 is 4.74 Å². The average Bonchev–Trinajstić information content (AvgIpc) is 1.96. The van der Waals surface area contributed by atoms with Gasteiger partial charge in [0.25, 0.3) is 5.56 Å².